The van der Waals surface area contributed by atoms with Gasteiger partial charge in [-0.1, -0.05) is 24.9 Å². The molecule has 0 aromatic rings. The van der Waals surface area contributed by atoms with Crippen LogP contribution in [-0.4, -0.2) is 24.8 Å². The monoisotopic (exact) mass is 277 g/mol. The van der Waals surface area contributed by atoms with Gasteiger partial charge in [-0.15, -0.1) is 0 Å². The third-order valence-corrected chi connectivity index (χ3v) is 4.85. The fraction of sp³-hybridized carbons (Fsp3) is 0.917. The Bertz CT molecular complexity index is 309. The van der Waals surface area contributed by atoms with E-state index in [2.05, 4.69) is 12.1 Å². The molecule has 18 heavy (non-hydrogen) atoms. The third kappa shape index (κ3) is 4.38. The Kier molecular flexibility index (Phi) is 6.90. The molecule has 0 radical (unpaired) electrons. The molecule has 5 nitrogen and oxygen atoms in total. The van der Waals surface area contributed by atoms with Crippen molar-refractivity contribution in [1.82, 2.24) is 0 Å². The van der Waals surface area contributed by atoms with Crippen LogP contribution in [0.2, 0.25) is 0 Å². The first-order valence-electron chi connectivity index (χ1n) is 6.78. The average molecular weight is 277 g/mol. The third-order valence-electron chi connectivity index (χ3n) is 2.76. The van der Waals surface area contributed by atoms with Gasteiger partial charge in [0.1, 0.15) is 6.10 Å². The maximum atomic E-state index is 12.4. The van der Waals surface area contributed by atoms with Crippen molar-refractivity contribution in [1.29, 1.82) is 0 Å². The van der Waals surface area contributed by atoms with Gasteiger partial charge in [0, 0.05) is 6.42 Å². The molecular formula is C12H24NO4P. The van der Waals surface area contributed by atoms with E-state index < -0.39 is 7.60 Å². The summed E-state index contributed by atoms with van der Waals surface area (Å²) in [6.45, 7) is 6.44. The minimum Gasteiger partial charge on any atom is -0.392 e. The molecule has 1 heterocycles. The summed E-state index contributed by atoms with van der Waals surface area (Å²) in [5, 5.41) is 3.91. The van der Waals surface area contributed by atoms with Crippen molar-refractivity contribution in [3.63, 3.8) is 0 Å². The molecule has 0 N–H and O–H groups in total. The number of hydrogen-bond donors (Lipinski definition) is 0. The first kappa shape index (κ1) is 15.7. The summed E-state index contributed by atoms with van der Waals surface area (Å²) in [5.74, 6) is 0. The Morgan fingerprint density at radius 3 is 2.50 bits per heavy atom. The minimum absolute atomic E-state index is 0.0285. The molecule has 0 amide bonds. The zero-order valence-electron chi connectivity index (χ0n) is 11.6. The van der Waals surface area contributed by atoms with Gasteiger partial charge in [-0.2, -0.15) is 0 Å². The van der Waals surface area contributed by atoms with E-state index in [1.807, 2.05) is 0 Å². The van der Waals surface area contributed by atoms with Crippen molar-refractivity contribution in [2.45, 2.75) is 59.0 Å². The lowest BCUT2D eigenvalue weighted by molar-refractivity contribution is 0.0771. The number of unbranched alkanes of at least 4 members (excludes halogenated alkanes) is 2. The largest absolute Gasteiger partial charge is 0.392 e. The molecule has 1 aliphatic heterocycles. The van der Waals surface area contributed by atoms with E-state index in [1.165, 1.54) is 12.8 Å². The maximum absolute atomic E-state index is 12.4. The van der Waals surface area contributed by atoms with Crippen molar-refractivity contribution in [2.75, 3.05) is 13.2 Å². The summed E-state index contributed by atoms with van der Waals surface area (Å²) in [4.78, 5) is 5.31. The lowest BCUT2D eigenvalue weighted by atomic mass is 10.1. The predicted octanol–water partition coefficient (Wildman–Crippen LogP) is 3.94. The highest BCUT2D eigenvalue weighted by molar-refractivity contribution is 7.72. The maximum Gasteiger partial charge on any atom is 0.378 e. The number of oxime groups is 1. The second kappa shape index (κ2) is 7.93. The summed E-state index contributed by atoms with van der Waals surface area (Å²) < 4.78 is 22.9. The Morgan fingerprint density at radius 1 is 1.28 bits per heavy atom. The van der Waals surface area contributed by atoms with Crippen molar-refractivity contribution in [3.8, 4) is 0 Å². The lowest BCUT2D eigenvalue weighted by Gasteiger charge is -2.15. The second-order valence-electron chi connectivity index (χ2n) is 4.27. The van der Waals surface area contributed by atoms with Gasteiger partial charge < -0.3 is 13.9 Å². The second-order valence-corrected chi connectivity index (χ2v) is 6.30. The predicted molar refractivity (Wildman–Crippen MR) is 71.9 cm³/mol. The number of rotatable bonds is 9. The van der Waals surface area contributed by atoms with Gasteiger partial charge in [-0.25, -0.2) is 0 Å². The summed E-state index contributed by atoms with van der Waals surface area (Å²) in [6.07, 6.45) is 5.00. The van der Waals surface area contributed by atoms with Crippen molar-refractivity contribution >= 4 is 13.0 Å². The van der Waals surface area contributed by atoms with Crippen LogP contribution in [0, 0.1) is 0 Å². The van der Waals surface area contributed by atoms with Gasteiger partial charge in [-0.3, -0.25) is 4.57 Å². The molecule has 0 saturated heterocycles. The van der Waals surface area contributed by atoms with Gasteiger partial charge in [-0.05, 0) is 26.7 Å². The molecule has 1 aliphatic rings. The molecule has 0 bridgehead atoms. The number of hydrogen-bond acceptors (Lipinski definition) is 5. The van der Waals surface area contributed by atoms with Crippen molar-refractivity contribution < 1.29 is 18.5 Å². The van der Waals surface area contributed by atoms with Crippen LogP contribution in [0.4, 0.5) is 0 Å². The summed E-state index contributed by atoms with van der Waals surface area (Å²) in [5.41, 5.74) is 0.438. The van der Waals surface area contributed by atoms with Crippen LogP contribution >= 0.6 is 7.60 Å². The molecule has 1 unspecified atom stereocenters. The van der Waals surface area contributed by atoms with E-state index >= 15 is 0 Å². The van der Waals surface area contributed by atoms with Crippen LogP contribution in [0.1, 0.15) is 52.9 Å². The van der Waals surface area contributed by atoms with Gasteiger partial charge in [0.2, 0.25) is 0 Å². The van der Waals surface area contributed by atoms with Crippen molar-refractivity contribution in [3.05, 3.63) is 0 Å². The highest BCUT2D eigenvalue weighted by atomic mass is 31.2. The number of nitrogens with zero attached hydrogens (tertiary/aromatic N) is 1. The van der Waals surface area contributed by atoms with E-state index in [0.717, 1.165) is 12.8 Å². The summed E-state index contributed by atoms with van der Waals surface area (Å²) in [6, 6.07) is 0. The topological polar surface area (TPSA) is 57.1 Å². The van der Waals surface area contributed by atoms with E-state index in [9.17, 15) is 4.57 Å². The molecule has 1 rings (SSSR count). The van der Waals surface area contributed by atoms with Gasteiger partial charge >= 0.3 is 7.60 Å². The summed E-state index contributed by atoms with van der Waals surface area (Å²) in [7, 11) is -3.22. The standard InChI is InChI=1S/C12H24NO4P/c1-4-7-8-9-11-10-12(13-17-11)18(14,15-5-2)16-6-3/h11H,4-10H2,1-3H3. The zero-order valence-corrected chi connectivity index (χ0v) is 12.4. The van der Waals surface area contributed by atoms with Crippen LogP contribution < -0.4 is 0 Å². The van der Waals surface area contributed by atoms with E-state index in [0.29, 0.717) is 25.1 Å². The Hall–Kier alpha value is -0.380. The zero-order chi connectivity index (χ0) is 13.4. The quantitative estimate of drug-likeness (QED) is 0.473. The Morgan fingerprint density at radius 2 is 1.94 bits per heavy atom. The van der Waals surface area contributed by atoms with Crippen LogP contribution in [0.5, 0.6) is 0 Å². The SMILES string of the molecule is CCCCCC1CC(P(=O)(OCC)OCC)=NO1. The first-order valence-corrected chi connectivity index (χ1v) is 8.32. The molecule has 1 atom stereocenters. The lowest BCUT2D eigenvalue weighted by Crippen LogP contribution is -2.10. The molecule has 0 aromatic heterocycles. The highest BCUT2D eigenvalue weighted by Gasteiger charge is 2.37. The normalized spacial score (nSPS) is 19.7. The molecule has 0 saturated carbocycles. The molecule has 6 heteroatoms. The van der Waals surface area contributed by atoms with Crippen molar-refractivity contribution in [2.24, 2.45) is 5.16 Å². The smallest absolute Gasteiger partial charge is 0.378 e. The fourth-order valence-electron chi connectivity index (χ4n) is 1.88. The van der Waals surface area contributed by atoms with Gasteiger partial charge in [0.25, 0.3) is 0 Å². The molecule has 0 fully saturated rings. The van der Waals surface area contributed by atoms with E-state index in [1.54, 1.807) is 13.8 Å². The molecular weight excluding hydrogens is 253 g/mol. The van der Waals surface area contributed by atoms with Crippen LogP contribution in [-0.2, 0) is 18.5 Å². The Balaban J connectivity index is 2.49. The molecule has 106 valence electrons. The van der Waals surface area contributed by atoms with Crippen LogP contribution in [0.25, 0.3) is 0 Å². The van der Waals surface area contributed by atoms with Gasteiger partial charge in [0.05, 0.1) is 13.2 Å². The molecule has 0 spiro atoms. The first-order chi connectivity index (χ1) is 8.66. The summed E-state index contributed by atoms with van der Waals surface area (Å²) >= 11 is 0. The highest BCUT2D eigenvalue weighted by Crippen LogP contribution is 2.52. The van der Waals surface area contributed by atoms with E-state index in [4.69, 9.17) is 13.9 Å². The van der Waals surface area contributed by atoms with Crippen LogP contribution in [0.15, 0.2) is 5.16 Å². The Labute approximate surface area is 109 Å². The average Bonchev–Trinajstić information content (AvgIpc) is 2.79. The fourth-order valence-corrected chi connectivity index (χ4v) is 3.51. The van der Waals surface area contributed by atoms with E-state index in [-0.39, 0.29) is 6.10 Å². The van der Waals surface area contributed by atoms with Crippen LogP contribution in [0.3, 0.4) is 0 Å². The molecule has 0 aliphatic carbocycles. The van der Waals surface area contributed by atoms with Gasteiger partial charge in [0.15, 0.2) is 5.45 Å². The molecule has 0 aromatic carbocycles. The minimum atomic E-state index is -3.22.